The number of nitrogens with zero attached hydrogens (tertiary/aromatic N) is 4. The monoisotopic (exact) mass is 1130 g/mol. The molecule has 9 rings (SSSR count). The van der Waals surface area contributed by atoms with E-state index < -0.39 is 76.1 Å². The van der Waals surface area contributed by atoms with Gasteiger partial charge in [-0.1, -0.05) is 175 Å². The predicted octanol–water partition coefficient (Wildman–Crippen LogP) is 11.8. The van der Waals surface area contributed by atoms with Crippen LogP contribution in [0.2, 0.25) is 0 Å². The van der Waals surface area contributed by atoms with Gasteiger partial charge in [0.2, 0.25) is 5.60 Å². The number of nitrogens with one attached hydrogen (secondary N) is 2. The molecule has 1 unspecified atom stereocenters. The van der Waals surface area contributed by atoms with Crippen LogP contribution in [-0.4, -0.2) is 97.2 Å². The minimum Gasteiger partial charge on any atom is -0.448 e. The molecule has 3 atom stereocenters. The zero-order valence-corrected chi connectivity index (χ0v) is 47.9. The van der Waals surface area contributed by atoms with Gasteiger partial charge in [0.1, 0.15) is 39.7 Å². The van der Waals surface area contributed by atoms with E-state index in [-0.39, 0.29) is 34.6 Å². The van der Waals surface area contributed by atoms with E-state index in [0.29, 0.717) is 32.7 Å². The predicted molar refractivity (Wildman–Crippen MR) is 310 cm³/mol. The maximum atomic E-state index is 15.1. The van der Waals surface area contributed by atoms with Crippen LogP contribution < -0.4 is 10.6 Å². The molecule has 19 heteroatoms. The molecule has 4 amide bonds. The summed E-state index contributed by atoms with van der Waals surface area (Å²) >= 11 is 3.60. The van der Waals surface area contributed by atoms with E-state index in [9.17, 15) is 14.4 Å². The average Bonchev–Trinajstić information content (AvgIpc) is 4.08. The van der Waals surface area contributed by atoms with E-state index in [0.717, 1.165) is 11.3 Å². The van der Waals surface area contributed by atoms with E-state index in [1.165, 1.54) is 28.4 Å². The topological polar surface area (TPSA) is 187 Å². The third-order valence-electron chi connectivity index (χ3n) is 12.8. The third-order valence-corrected chi connectivity index (χ3v) is 16.0. The van der Waals surface area contributed by atoms with Crippen molar-refractivity contribution in [3.8, 4) is 0 Å². The van der Waals surface area contributed by atoms with Crippen molar-refractivity contribution >= 4 is 75.7 Å². The van der Waals surface area contributed by atoms with Gasteiger partial charge in [-0.05, 0) is 71.9 Å². The summed E-state index contributed by atoms with van der Waals surface area (Å²) in [5, 5.41) is 12.9. The highest BCUT2D eigenvalue weighted by atomic mass is 32.2. The van der Waals surface area contributed by atoms with Crippen molar-refractivity contribution in [2.24, 2.45) is 5.16 Å². The summed E-state index contributed by atoms with van der Waals surface area (Å²) in [7, 11) is 0. The zero-order chi connectivity index (χ0) is 56.8. The molecular weight excluding hydrogens is 1070 g/mol. The number of carbonyl (C=O) groups excluding carboxylic acids is 5. The Labute approximate surface area is 477 Å². The van der Waals surface area contributed by atoms with E-state index in [2.05, 4.69) is 20.8 Å². The van der Waals surface area contributed by atoms with Crippen LogP contribution >= 0.6 is 34.9 Å². The summed E-state index contributed by atoms with van der Waals surface area (Å²) < 4.78 is 23.7. The van der Waals surface area contributed by atoms with Gasteiger partial charge in [-0.15, -0.1) is 23.1 Å². The summed E-state index contributed by atoms with van der Waals surface area (Å²) in [6.45, 7) is 14.4. The normalized spacial score (nSPS) is 18.3. The summed E-state index contributed by atoms with van der Waals surface area (Å²) in [6.07, 6.45) is -0.328. The molecule has 0 radical (unpaired) electrons. The van der Waals surface area contributed by atoms with Crippen LogP contribution in [-0.2, 0) is 43.8 Å². The molecule has 6 aromatic rings. The Hall–Kier alpha value is -7.71. The van der Waals surface area contributed by atoms with Gasteiger partial charge in [0.15, 0.2) is 16.9 Å². The summed E-state index contributed by atoms with van der Waals surface area (Å²) in [4.78, 5) is 86.3. The summed E-state index contributed by atoms with van der Waals surface area (Å²) in [5.74, 6) is -1.93. The van der Waals surface area contributed by atoms with Gasteiger partial charge < -0.3 is 29.1 Å². The lowest BCUT2D eigenvalue weighted by molar-refractivity contribution is -0.154. The molecule has 414 valence electrons. The van der Waals surface area contributed by atoms with Gasteiger partial charge in [-0.2, -0.15) is 0 Å². The lowest BCUT2D eigenvalue weighted by Gasteiger charge is -2.49. The fourth-order valence-electron chi connectivity index (χ4n) is 9.31. The molecule has 3 aliphatic heterocycles. The summed E-state index contributed by atoms with van der Waals surface area (Å²) in [6, 6.07) is 45.4. The van der Waals surface area contributed by atoms with Gasteiger partial charge in [-0.3, -0.25) is 24.7 Å². The fourth-order valence-corrected chi connectivity index (χ4v) is 12.4. The van der Waals surface area contributed by atoms with Crippen molar-refractivity contribution in [3.63, 3.8) is 0 Å². The lowest BCUT2D eigenvalue weighted by Crippen LogP contribution is -2.71. The first kappa shape index (κ1) is 57.0. The molecule has 1 aromatic heterocycles. The smallest absolute Gasteiger partial charge is 0.413 e. The molecule has 80 heavy (non-hydrogen) atoms. The standard InChI is InChI=1S/C61H62N6O10S3/c1-58(2,3)75-56(71)64-55-62-45(37-80-55)47(65-77-61(41-28-18-11-19-29-41,42-30-20-12-21-31-42)43-32-22-13-23-33-43)51(68)63-48-52(69)66-49(54(70)74-50(39-24-14-9-15-25-39)40-26-16-10-17-27-40)46(38-79-53(48)66)78-35-34-44-36-73-60(7,8)67(44)57(72)76-59(4,5)6/h9-35,37,44,48,50,53H,36,38H2,1-8H3,(H,63,68)(H,62,64,71)/b35-34-,65-47-/t44-,48?,53+/m0/s1. The highest BCUT2D eigenvalue weighted by molar-refractivity contribution is 8.08. The molecule has 4 heterocycles. The zero-order valence-electron chi connectivity index (χ0n) is 45.5. The Morgan fingerprint density at radius 1 is 0.775 bits per heavy atom. The van der Waals surface area contributed by atoms with Gasteiger partial charge in [0.25, 0.3) is 11.8 Å². The van der Waals surface area contributed by atoms with Gasteiger partial charge in [-0.25, -0.2) is 19.4 Å². The SMILES string of the molecule is CC(C)(C)OC(=O)Nc1nc(/C(=N/OC(c2ccccc2)(c2ccccc2)c2ccccc2)C(=O)NC2C(=O)N3C(C(=O)OC(c4ccccc4)c4ccccc4)=C(S/C=C\[C@H]4COC(C)(C)N4C(=O)OC(C)(C)C)CS[C@H]23)cs1. The van der Waals surface area contributed by atoms with Crippen molar-refractivity contribution in [2.75, 3.05) is 17.7 Å². The molecule has 0 spiro atoms. The fraction of sp³-hybridized carbons (Fsp3) is 0.295. The number of thiazole rings is 1. The maximum absolute atomic E-state index is 15.1. The van der Waals surface area contributed by atoms with Crippen LogP contribution in [0.1, 0.15) is 95.0 Å². The van der Waals surface area contributed by atoms with Crippen LogP contribution in [0.25, 0.3) is 0 Å². The molecule has 0 aliphatic carbocycles. The molecule has 3 aliphatic rings. The number of oxime groups is 1. The van der Waals surface area contributed by atoms with Crippen molar-refractivity contribution in [1.82, 2.24) is 20.1 Å². The van der Waals surface area contributed by atoms with E-state index in [4.69, 9.17) is 23.8 Å². The number of benzene rings is 5. The number of amides is 4. The average molecular weight is 1140 g/mol. The number of carbonyl (C=O) groups is 5. The molecule has 0 saturated carbocycles. The number of hydrogen-bond acceptors (Lipinski definition) is 15. The second-order valence-corrected chi connectivity index (χ2v) is 24.3. The molecule has 2 N–H and O–H groups in total. The van der Waals surface area contributed by atoms with E-state index >= 15 is 9.59 Å². The quantitative estimate of drug-likeness (QED) is 0.0233. The number of esters is 1. The number of ether oxygens (including phenoxy) is 4. The van der Waals surface area contributed by atoms with Gasteiger partial charge in [0.05, 0.1) is 12.6 Å². The minimum atomic E-state index is -1.42. The maximum Gasteiger partial charge on any atom is 0.413 e. The number of fused-ring (bicyclic) bond motifs is 1. The highest BCUT2D eigenvalue weighted by Crippen LogP contribution is 2.46. The van der Waals surface area contributed by atoms with Crippen molar-refractivity contribution in [3.05, 3.63) is 213 Å². The molecule has 16 nitrogen and oxygen atoms in total. The number of anilines is 1. The number of β-lactam (4-membered cyclic amide) rings is 1. The first-order chi connectivity index (χ1) is 38.2. The Morgan fingerprint density at radius 2 is 1.30 bits per heavy atom. The third kappa shape index (κ3) is 12.8. The molecular formula is C61H62N6O10S3. The highest BCUT2D eigenvalue weighted by Gasteiger charge is 2.55. The lowest BCUT2D eigenvalue weighted by atomic mass is 9.80. The molecule has 2 saturated heterocycles. The number of thioether (sulfide) groups is 2. The van der Waals surface area contributed by atoms with E-state index in [1.807, 2.05) is 158 Å². The number of rotatable bonds is 16. The number of aromatic nitrogens is 1. The Bertz CT molecular complexity index is 3160. The van der Waals surface area contributed by atoms with Crippen LogP contribution in [0.15, 0.2) is 184 Å². The van der Waals surface area contributed by atoms with Crippen molar-refractivity contribution in [1.29, 1.82) is 0 Å². The largest absolute Gasteiger partial charge is 0.448 e. The van der Waals surface area contributed by atoms with E-state index in [1.54, 1.807) is 71.1 Å². The molecule has 2 fully saturated rings. The van der Waals surface area contributed by atoms with Crippen molar-refractivity contribution in [2.45, 2.75) is 101 Å². The Morgan fingerprint density at radius 3 is 1.82 bits per heavy atom. The second kappa shape index (κ2) is 23.9. The first-order valence-electron chi connectivity index (χ1n) is 25.9. The minimum absolute atomic E-state index is 0.00992. The van der Waals surface area contributed by atoms with Crippen molar-refractivity contribution < 1.29 is 47.8 Å². The summed E-state index contributed by atoms with van der Waals surface area (Å²) in [5.41, 5.74) is -0.672. The van der Waals surface area contributed by atoms with Gasteiger partial charge >= 0.3 is 18.2 Å². The first-order valence-corrected chi connectivity index (χ1v) is 28.7. The Kier molecular flexibility index (Phi) is 17.1. The van der Waals surface area contributed by atoms with Gasteiger partial charge in [0, 0.05) is 32.7 Å². The van der Waals surface area contributed by atoms with Crippen LogP contribution in [0.3, 0.4) is 0 Å². The Balaban J connectivity index is 1.06. The second-order valence-electron chi connectivity index (χ2n) is 21.3. The van der Waals surface area contributed by atoms with Crippen LogP contribution in [0.4, 0.5) is 14.7 Å². The molecule has 0 bridgehead atoms. The van der Waals surface area contributed by atoms with Crippen LogP contribution in [0.5, 0.6) is 0 Å². The van der Waals surface area contributed by atoms with Crippen LogP contribution in [0, 0.1) is 0 Å². The molecule has 5 aromatic carbocycles. The number of hydrogen-bond donors (Lipinski definition) is 2.